The normalized spacial score (nSPS) is 17.7. The molecule has 67 heavy (non-hydrogen) atoms. The summed E-state index contributed by atoms with van der Waals surface area (Å²) in [6.07, 6.45) is 20.2. The molecule has 2 N–H and O–H groups in total. The van der Waals surface area contributed by atoms with Crippen molar-refractivity contribution in [2.45, 2.75) is 51.4 Å². The Hall–Kier alpha value is -7.14. The summed E-state index contributed by atoms with van der Waals surface area (Å²) in [5, 5.41) is 53.9. The number of ketones is 2. The largest absolute Gasteiger partial charge is 0.506 e. The summed E-state index contributed by atoms with van der Waals surface area (Å²) >= 11 is 1.51. The summed E-state index contributed by atoms with van der Waals surface area (Å²) in [5.74, 6) is -0.380. The van der Waals surface area contributed by atoms with Gasteiger partial charge in [-0.2, -0.15) is 4.58 Å². The zero-order valence-corrected chi connectivity index (χ0v) is 39.3. The Morgan fingerprint density at radius 3 is 1.82 bits per heavy atom. The molecule has 0 unspecified atom stereocenters. The minimum atomic E-state index is -0.583. The van der Waals surface area contributed by atoms with Crippen molar-refractivity contribution in [2.24, 2.45) is 20.4 Å². The Morgan fingerprint density at radius 1 is 0.806 bits per heavy atom. The molecule has 3 aliphatic carbocycles. The number of thiazole rings is 2. The van der Waals surface area contributed by atoms with E-state index in [-0.39, 0.29) is 76.3 Å². The number of nitro groups is 2. The number of aromatic nitrogens is 2. The van der Waals surface area contributed by atoms with Crippen molar-refractivity contribution in [3.63, 3.8) is 0 Å². The molecule has 0 atom stereocenters. The second-order valence-corrected chi connectivity index (χ2v) is 16.7. The molecule has 1 fully saturated rings. The molecule has 0 bridgehead atoms. The second-order valence-electron chi connectivity index (χ2n) is 14.7. The van der Waals surface area contributed by atoms with Crippen molar-refractivity contribution in [1.82, 2.24) is 9.97 Å². The third kappa shape index (κ3) is 12.4. The maximum absolute atomic E-state index is 10.9. The van der Waals surface area contributed by atoms with E-state index in [0.717, 1.165) is 71.6 Å². The first kappa shape index (κ1) is 50.8. The number of methoxy groups -OCH3 is 1. The standard InChI is InChI=1S/C27H35N2O.2C9H6N4O4S.Co/c1-5-29(6-2)22-16-14-21(25(20-22)30-4)15-17-26-27(18-10-7-11-19-27)23-12-8-9-13-24(23)28(26)3;2*14-5-1-2-6(7(15)3-5)11-12-9-10-4-8(18-9)13(16)17;/h8-9,12-17,20H,5-7,10-11,18-19H2,1-4H3;2*1-4H,(H2,10,12,14,15);/q+1;;;/p-2. The number of carbonyl (C=O) groups excluding carboxylic acids is 2. The van der Waals surface area contributed by atoms with Crippen LogP contribution in [0.1, 0.15) is 57.1 Å². The van der Waals surface area contributed by atoms with Crippen molar-refractivity contribution in [2.75, 3.05) is 32.1 Å². The van der Waals surface area contributed by atoms with E-state index < -0.39 is 9.85 Å². The van der Waals surface area contributed by atoms with Gasteiger partial charge in [-0.25, -0.2) is 0 Å². The van der Waals surface area contributed by atoms with Crippen LogP contribution in [0.15, 0.2) is 129 Å². The van der Waals surface area contributed by atoms with Gasteiger partial charge in [-0.3, -0.25) is 40.0 Å². The van der Waals surface area contributed by atoms with Gasteiger partial charge in [0.15, 0.2) is 17.3 Å². The van der Waals surface area contributed by atoms with Crippen molar-refractivity contribution in [3.8, 4) is 5.75 Å². The van der Waals surface area contributed by atoms with Gasteiger partial charge in [-0.05, 0) is 69.2 Å². The molecule has 351 valence electrons. The van der Waals surface area contributed by atoms with Crippen molar-refractivity contribution in [3.05, 3.63) is 150 Å². The predicted molar refractivity (Wildman–Crippen MR) is 252 cm³/mol. The van der Waals surface area contributed by atoms with Crippen LogP contribution in [0.5, 0.6) is 5.75 Å². The third-order valence-electron chi connectivity index (χ3n) is 10.8. The van der Waals surface area contributed by atoms with Gasteiger partial charge < -0.3 is 40.0 Å². The summed E-state index contributed by atoms with van der Waals surface area (Å²) in [7, 11) is 3.99. The summed E-state index contributed by atoms with van der Waals surface area (Å²) in [5.41, 5.74) is 7.00. The maximum atomic E-state index is 10.9. The number of ether oxygens (including phenoxy) is 1. The van der Waals surface area contributed by atoms with E-state index >= 15 is 0 Å². The molecule has 0 amide bonds. The molecule has 4 aliphatic rings. The van der Waals surface area contributed by atoms with Crippen LogP contribution in [-0.2, 0) is 31.8 Å². The number of hydrogen-bond acceptors (Lipinski definition) is 16. The number of nitrogens with zero attached hydrogens (tertiary/aromatic N) is 10. The molecule has 3 heterocycles. The number of aliphatic hydroxyl groups excluding tert-OH is 2. The Bertz CT molecular complexity index is 2810. The molecule has 4 aromatic rings. The van der Waals surface area contributed by atoms with Crippen molar-refractivity contribution in [1.29, 1.82) is 0 Å². The molecule has 1 aliphatic heterocycles. The van der Waals surface area contributed by atoms with E-state index in [0.29, 0.717) is 0 Å². The van der Waals surface area contributed by atoms with Crippen LogP contribution >= 0.6 is 22.7 Å². The molecule has 1 saturated carbocycles. The van der Waals surface area contributed by atoms with Gasteiger partial charge >= 0.3 is 10.0 Å². The molecule has 0 saturated heterocycles. The number of anilines is 1. The van der Waals surface area contributed by atoms with Crippen LogP contribution in [0.3, 0.4) is 0 Å². The molecule has 1 radical (unpaired) electrons. The van der Waals surface area contributed by atoms with Gasteiger partial charge in [0.25, 0.3) is 0 Å². The fourth-order valence-electron chi connectivity index (χ4n) is 7.65. The van der Waals surface area contributed by atoms with E-state index in [9.17, 15) is 40.0 Å². The zero-order chi connectivity index (χ0) is 47.4. The summed E-state index contributed by atoms with van der Waals surface area (Å²) in [6, 6.07) is 15.5. The molecule has 2 aromatic heterocycles. The number of hydrogen-bond donors (Lipinski definition) is 2. The van der Waals surface area contributed by atoms with Crippen LogP contribution < -0.4 is 29.2 Å². The van der Waals surface area contributed by atoms with E-state index in [4.69, 9.17) is 4.74 Å². The average molecular weight is 993 g/mol. The number of fused-ring (bicyclic) bond motifs is 2. The number of allylic oxidation sites excluding steroid dienone is 7. The molecule has 1 spiro atoms. The molecular formula is C45H45CoN10O9S2-. The summed E-state index contributed by atoms with van der Waals surface area (Å²) in [6.45, 7) is 6.38. The van der Waals surface area contributed by atoms with Crippen LogP contribution in [-0.4, -0.2) is 80.6 Å². The molecular weight excluding hydrogens is 948 g/mol. The SMILES string of the molecule is CCN(CC)c1ccc(/C=C/C2=[N+](C)c3ccccc3C23CCCCC3)c(OC)c1.O=C1C=CC(=NN=c2[n-]cc([N+](=O)[O-])s2)C(O)=C1.O=C1C=CC(=NN=c2[n-]cc([N+](=O)[O-])s2)C(O)=C1.[Co]. The number of benzene rings is 2. The fraction of sp³-hybridized carbons (Fsp3) is 0.267. The quantitative estimate of drug-likeness (QED) is 0.0699. The smallest absolute Gasteiger partial charge is 0.319 e. The van der Waals surface area contributed by atoms with E-state index in [2.05, 4.69) is 115 Å². The predicted octanol–water partition coefficient (Wildman–Crippen LogP) is 7.08. The summed E-state index contributed by atoms with van der Waals surface area (Å²) in [4.78, 5) is 51.3. The van der Waals surface area contributed by atoms with Gasteiger partial charge in [0.05, 0.1) is 22.4 Å². The number of carbonyl (C=O) groups is 2. The van der Waals surface area contributed by atoms with E-state index in [1.165, 1.54) is 79.1 Å². The Morgan fingerprint density at radius 2 is 1.34 bits per heavy atom. The van der Waals surface area contributed by atoms with Gasteiger partial charge in [0, 0.05) is 99.0 Å². The number of aliphatic hydroxyl groups is 2. The molecule has 2 aromatic carbocycles. The van der Waals surface area contributed by atoms with Crippen LogP contribution in [0.2, 0.25) is 0 Å². The zero-order valence-electron chi connectivity index (χ0n) is 36.6. The monoisotopic (exact) mass is 992 g/mol. The van der Waals surface area contributed by atoms with E-state index in [1.807, 2.05) is 0 Å². The van der Waals surface area contributed by atoms with Crippen molar-refractivity contribution >= 4 is 78.8 Å². The number of rotatable bonds is 10. The third-order valence-corrected chi connectivity index (χ3v) is 12.5. The first-order valence-electron chi connectivity index (χ1n) is 20.6. The van der Waals surface area contributed by atoms with Gasteiger partial charge in [0.2, 0.25) is 5.69 Å². The second kappa shape index (κ2) is 23.3. The van der Waals surface area contributed by atoms with E-state index in [1.54, 1.807) is 7.11 Å². The maximum Gasteiger partial charge on any atom is 0.319 e. The fourth-order valence-corrected chi connectivity index (χ4v) is 8.76. The average Bonchev–Trinajstić information content (AvgIpc) is 4.05. The van der Waals surface area contributed by atoms with Crippen LogP contribution in [0.4, 0.5) is 21.4 Å². The molecule has 8 rings (SSSR count). The topological polar surface area (TPSA) is 254 Å². The first-order valence-corrected chi connectivity index (χ1v) is 22.3. The molecule has 19 nitrogen and oxygen atoms in total. The number of para-hydroxylation sites is 1. The van der Waals surface area contributed by atoms with Gasteiger partial charge in [-0.15, -0.1) is 0 Å². The first-order chi connectivity index (χ1) is 31.8. The Balaban J connectivity index is 0.000000197. The minimum Gasteiger partial charge on any atom is -0.506 e. The Kier molecular flexibility index (Phi) is 17.7. The molecule has 22 heteroatoms. The van der Waals surface area contributed by atoms with Crippen molar-refractivity contribution < 1.29 is 55.7 Å². The summed E-state index contributed by atoms with van der Waals surface area (Å²) < 4.78 is 8.18. The minimum absolute atomic E-state index is 0. The van der Waals surface area contributed by atoms with Crippen LogP contribution in [0, 0.1) is 20.2 Å². The Labute approximate surface area is 402 Å². The van der Waals surface area contributed by atoms with Gasteiger partial charge in [-0.1, -0.05) is 60.1 Å². The van der Waals surface area contributed by atoms with Crippen LogP contribution in [0.25, 0.3) is 6.08 Å². The van der Waals surface area contributed by atoms with Gasteiger partial charge in [0.1, 0.15) is 35.7 Å².